The van der Waals surface area contributed by atoms with Gasteiger partial charge in [-0.1, -0.05) is 32.0 Å². The molecule has 0 atom stereocenters. The molecule has 1 N–H and O–H groups in total. The van der Waals surface area contributed by atoms with Crippen LogP contribution in [0.3, 0.4) is 0 Å². The summed E-state index contributed by atoms with van der Waals surface area (Å²) in [5, 5.41) is 3.30. The second-order valence-electron chi connectivity index (χ2n) is 4.66. The molecule has 1 aromatic heterocycles. The van der Waals surface area contributed by atoms with Crippen LogP contribution in [0.4, 0.5) is 4.39 Å². The van der Waals surface area contributed by atoms with Gasteiger partial charge in [-0.3, -0.25) is 0 Å². The molecule has 0 saturated heterocycles. The Balaban J connectivity index is 2.00. The Morgan fingerprint density at radius 3 is 2.83 bits per heavy atom. The van der Waals surface area contributed by atoms with Crippen LogP contribution >= 0.6 is 0 Å². The largest absolute Gasteiger partial charge is 0.333 e. The smallest absolute Gasteiger partial charge is 0.128 e. The average molecular weight is 247 g/mol. The molecule has 2 rings (SSSR count). The molecule has 2 aromatic rings. The molecule has 0 unspecified atom stereocenters. The Morgan fingerprint density at radius 2 is 2.11 bits per heavy atom. The zero-order valence-corrected chi connectivity index (χ0v) is 10.7. The maximum Gasteiger partial charge on any atom is 0.128 e. The predicted molar refractivity (Wildman–Crippen MR) is 69.7 cm³/mol. The van der Waals surface area contributed by atoms with E-state index < -0.39 is 0 Å². The van der Waals surface area contributed by atoms with Crippen LogP contribution in [0.1, 0.15) is 25.1 Å². The summed E-state index contributed by atoms with van der Waals surface area (Å²) >= 11 is 0. The number of imidazole rings is 1. The van der Waals surface area contributed by atoms with E-state index in [1.54, 1.807) is 18.5 Å². The van der Waals surface area contributed by atoms with Crippen molar-refractivity contribution < 1.29 is 4.39 Å². The zero-order valence-electron chi connectivity index (χ0n) is 10.7. The summed E-state index contributed by atoms with van der Waals surface area (Å²) < 4.78 is 15.4. The minimum absolute atomic E-state index is 0.173. The lowest BCUT2D eigenvalue weighted by Crippen LogP contribution is -2.21. The average Bonchev–Trinajstić information content (AvgIpc) is 2.77. The van der Waals surface area contributed by atoms with Gasteiger partial charge in [0.1, 0.15) is 5.82 Å². The third-order valence-electron chi connectivity index (χ3n) is 2.69. The third-order valence-corrected chi connectivity index (χ3v) is 2.69. The molecule has 3 nitrogen and oxygen atoms in total. The highest BCUT2D eigenvalue weighted by Crippen LogP contribution is 2.09. The molecule has 0 bridgehead atoms. The molecule has 0 spiro atoms. The molecular weight excluding hydrogens is 229 g/mol. The van der Waals surface area contributed by atoms with Crippen LogP contribution in [-0.2, 0) is 13.1 Å². The highest BCUT2D eigenvalue weighted by molar-refractivity contribution is 5.18. The number of halogens is 1. The molecule has 1 heterocycles. The van der Waals surface area contributed by atoms with Gasteiger partial charge in [0.15, 0.2) is 0 Å². The van der Waals surface area contributed by atoms with E-state index >= 15 is 0 Å². The molecule has 1 aromatic carbocycles. The Hall–Kier alpha value is -1.68. The summed E-state index contributed by atoms with van der Waals surface area (Å²) in [7, 11) is 0. The fourth-order valence-corrected chi connectivity index (χ4v) is 1.72. The minimum Gasteiger partial charge on any atom is -0.333 e. The van der Waals surface area contributed by atoms with Crippen LogP contribution < -0.4 is 5.32 Å². The van der Waals surface area contributed by atoms with Crippen molar-refractivity contribution in [2.24, 2.45) is 0 Å². The van der Waals surface area contributed by atoms with Crippen molar-refractivity contribution in [3.63, 3.8) is 0 Å². The quantitative estimate of drug-likeness (QED) is 0.880. The minimum atomic E-state index is -0.173. The van der Waals surface area contributed by atoms with Crippen molar-refractivity contribution in [3.8, 4) is 0 Å². The van der Waals surface area contributed by atoms with E-state index in [1.165, 1.54) is 6.07 Å². The van der Waals surface area contributed by atoms with Gasteiger partial charge in [-0.15, -0.1) is 0 Å². The third kappa shape index (κ3) is 3.40. The summed E-state index contributed by atoms with van der Waals surface area (Å²) in [6, 6.07) is 7.25. The van der Waals surface area contributed by atoms with Crippen LogP contribution in [0.15, 0.2) is 36.8 Å². The normalized spacial score (nSPS) is 11.1. The van der Waals surface area contributed by atoms with Crippen LogP contribution in [-0.4, -0.2) is 15.6 Å². The summed E-state index contributed by atoms with van der Waals surface area (Å²) in [5.41, 5.74) is 1.65. The Morgan fingerprint density at radius 1 is 1.33 bits per heavy atom. The van der Waals surface area contributed by atoms with Gasteiger partial charge in [0.2, 0.25) is 0 Å². The Bertz CT molecular complexity index is 505. The Labute approximate surface area is 107 Å². The first-order chi connectivity index (χ1) is 8.65. The first-order valence-corrected chi connectivity index (χ1v) is 6.12. The second-order valence-corrected chi connectivity index (χ2v) is 4.66. The lowest BCUT2D eigenvalue weighted by atomic mass is 10.2. The second kappa shape index (κ2) is 5.78. The van der Waals surface area contributed by atoms with Gasteiger partial charge >= 0.3 is 0 Å². The first kappa shape index (κ1) is 12.8. The maximum absolute atomic E-state index is 13.5. The summed E-state index contributed by atoms with van der Waals surface area (Å²) in [4.78, 5) is 4.29. The van der Waals surface area contributed by atoms with E-state index in [0.29, 0.717) is 18.2 Å². The lowest BCUT2D eigenvalue weighted by Gasteiger charge is -2.05. The zero-order chi connectivity index (χ0) is 13.0. The standard InChI is InChI=1S/C14H18FN3/c1-11(2)16-7-13-9-18(10-17-13)8-12-5-3-4-6-14(12)15/h3-6,9-11,16H,7-8H2,1-2H3. The van der Waals surface area contributed by atoms with E-state index in [-0.39, 0.29) is 5.82 Å². The Kier molecular flexibility index (Phi) is 4.10. The van der Waals surface area contributed by atoms with E-state index in [0.717, 1.165) is 12.2 Å². The number of nitrogens with one attached hydrogen (secondary N) is 1. The molecule has 0 aliphatic carbocycles. The highest BCUT2D eigenvalue weighted by atomic mass is 19.1. The molecule has 96 valence electrons. The topological polar surface area (TPSA) is 29.9 Å². The molecule has 18 heavy (non-hydrogen) atoms. The van der Waals surface area contributed by atoms with Crippen molar-refractivity contribution >= 4 is 0 Å². The molecule has 0 fully saturated rings. The predicted octanol–water partition coefficient (Wildman–Crippen LogP) is 2.57. The van der Waals surface area contributed by atoms with E-state index in [1.807, 2.05) is 16.8 Å². The molecular formula is C14H18FN3. The SMILES string of the molecule is CC(C)NCc1cn(Cc2ccccc2F)cn1. The number of nitrogens with zero attached hydrogens (tertiary/aromatic N) is 2. The van der Waals surface area contributed by atoms with Crippen LogP contribution in [0, 0.1) is 5.82 Å². The molecule has 0 saturated carbocycles. The molecule has 0 aliphatic rings. The van der Waals surface area contributed by atoms with Crippen molar-refractivity contribution in [2.75, 3.05) is 0 Å². The lowest BCUT2D eigenvalue weighted by molar-refractivity contribution is 0.581. The van der Waals surface area contributed by atoms with Crippen LogP contribution in [0.5, 0.6) is 0 Å². The molecule has 0 aliphatic heterocycles. The van der Waals surface area contributed by atoms with Crippen LogP contribution in [0.2, 0.25) is 0 Å². The monoisotopic (exact) mass is 247 g/mol. The number of hydrogen-bond acceptors (Lipinski definition) is 2. The fraction of sp³-hybridized carbons (Fsp3) is 0.357. The number of aromatic nitrogens is 2. The van der Waals surface area contributed by atoms with Gasteiger partial charge in [-0.05, 0) is 6.07 Å². The fourth-order valence-electron chi connectivity index (χ4n) is 1.72. The van der Waals surface area contributed by atoms with E-state index in [2.05, 4.69) is 24.1 Å². The van der Waals surface area contributed by atoms with Gasteiger partial charge < -0.3 is 9.88 Å². The van der Waals surface area contributed by atoms with Crippen molar-refractivity contribution in [2.45, 2.75) is 33.0 Å². The molecule has 0 radical (unpaired) electrons. The summed E-state index contributed by atoms with van der Waals surface area (Å²) in [6.45, 7) is 5.44. The van der Waals surface area contributed by atoms with E-state index in [4.69, 9.17) is 0 Å². The molecule has 4 heteroatoms. The number of benzene rings is 1. The highest BCUT2D eigenvalue weighted by Gasteiger charge is 2.03. The van der Waals surface area contributed by atoms with Gasteiger partial charge in [-0.25, -0.2) is 9.37 Å². The summed E-state index contributed by atoms with van der Waals surface area (Å²) in [6.07, 6.45) is 3.69. The summed E-state index contributed by atoms with van der Waals surface area (Å²) in [5.74, 6) is -0.173. The molecule has 0 amide bonds. The van der Waals surface area contributed by atoms with Gasteiger partial charge in [0, 0.05) is 24.3 Å². The van der Waals surface area contributed by atoms with Gasteiger partial charge in [0.05, 0.1) is 18.6 Å². The number of rotatable bonds is 5. The van der Waals surface area contributed by atoms with Crippen molar-refractivity contribution in [1.29, 1.82) is 0 Å². The number of hydrogen-bond donors (Lipinski definition) is 1. The van der Waals surface area contributed by atoms with Crippen molar-refractivity contribution in [3.05, 3.63) is 53.9 Å². The van der Waals surface area contributed by atoms with Gasteiger partial charge in [0.25, 0.3) is 0 Å². The van der Waals surface area contributed by atoms with Crippen molar-refractivity contribution in [1.82, 2.24) is 14.9 Å². The van der Waals surface area contributed by atoms with Crippen LogP contribution in [0.25, 0.3) is 0 Å². The van der Waals surface area contributed by atoms with E-state index in [9.17, 15) is 4.39 Å². The first-order valence-electron chi connectivity index (χ1n) is 6.12. The maximum atomic E-state index is 13.5. The van der Waals surface area contributed by atoms with Gasteiger partial charge in [-0.2, -0.15) is 0 Å².